The van der Waals surface area contributed by atoms with Gasteiger partial charge in [0.05, 0.1) is 34.5 Å². The number of nitrogens with zero attached hydrogens (tertiary/aromatic N) is 3. The molecule has 0 unspecified atom stereocenters. The van der Waals surface area contributed by atoms with Crippen LogP contribution in [-0.4, -0.2) is 36.2 Å². The Bertz CT molecular complexity index is 1130. The maximum absolute atomic E-state index is 13.6. The summed E-state index contributed by atoms with van der Waals surface area (Å²) in [4.78, 5) is 4.39. The molecule has 7 heteroatoms. The van der Waals surface area contributed by atoms with Gasteiger partial charge < -0.3 is 10.0 Å². The van der Waals surface area contributed by atoms with Crippen LogP contribution in [0.2, 0.25) is 10.0 Å². The van der Waals surface area contributed by atoms with Crippen LogP contribution in [0.5, 0.6) is 0 Å². The molecule has 0 spiro atoms. The van der Waals surface area contributed by atoms with Crippen molar-refractivity contribution in [3.63, 3.8) is 0 Å². The molecule has 4 nitrogen and oxygen atoms in total. The summed E-state index contributed by atoms with van der Waals surface area (Å²) < 4.78 is 13.6. The quantitative estimate of drug-likeness (QED) is 0.528. The van der Waals surface area contributed by atoms with Gasteiger partial charge in [0, 0.05) is 31.2 Å². The van der Waals surface area contributed by atoms with Gasteiger partial charge in [0.2, 0.25) is 0 Å². The summed E-state index contributed by atoms with van der Waals surface area (Å²) >= 11 is 12.6. The predicted molar refractivity (Wildman–Crippen MR) is 126 cm³/mol. The highest BCUT2D eigenvalue weighted by Crippen LogP contribution is 2.36. The first-order valence-electron chi connectivity index (χ1n) is 10.3. The molecule has 1 fully saturated rings. The van der Waals surface area contributed by atoms with E-state index in [1.807, 2.05) is 30.3 Å². The van der Waals surface area contributed by atoms with Gasteiger partial charge in [-0.3, -0.25) is 4.90 Å². The molecule has 3 aromatic carbocycles. The number of halogens is 3. The lowest BCUT2D eigenvalue weighted by Gasteiger charge is -2.44. The standard InChI is InChI=1S/C25H22Cl2FN3O/c26-20-7-5-18(6-8-20)24-15-30(16-25(32)19-2-1-3-21(28)13-19)10-11-31(24)23-9-4-17(14-29)12-22(23)27/h1-9,12-13,24-25,32H,10-11,15-16H2/t24-,25-/m0/s1. The Hall–Kier alpha value is -2.62. The topological polar surface area (TPSA) is 50.5 Å². The Morgan fingerprint density at radius 1 is 1.06 bits per heavy atom. The van der Waals surface area contributed by atoms with E-state index in [0.717, 1.165) is 11.3 Å². The fraction of sp³-hybridized carbons (Fsp3) is 0.240. The van der Waals surface area contributed by atoms with E-state index in [2.05, 4.69) is 15.9 Å². The average Bonchev–Trinajstić information content (AvgIpc) is 2.79. The van der Waals surface area contributed by atoms with Crippen LogP contribution < -0.4 is 4.90 Å². The van der Waals surface area contributed by atoms with Crippen LogP contribution in [0.25, 0.3) is 0 Å². The number of nitriles is 1. The lowest BCUT2D eigenvalue weighted by atomic mass is 10.00. The van der Waals surface area contributed by atoms with Crippen LogP contribution in [0.3, 0.4) is 0 Å². The smallest absolute Gasteiger partial charge is 0.123 e. The summed E-state index contributed by atoms with van der Waals surface area (Å²) in [6.45, 7) is 2.41. The van der Waals surface area contributed by atoms with Crippen LogP contribution in [0.4, 0.5) is 10.1 Å². The SMILES string of the molecule is N#Cc1ccc(N2CCN(C[C@H](O)c3cccc(F)c3)C[C@H]2c2ccc(Cl)cc2)c(Cl)c1. The molecule has 3 aromatic rings. The molecule has 0 radical (unpaired) electrons. The van der Waals surface area contributed by atoms with Crippen molar-refractivity contribution in [1.29, 1.82) is 5.26 Å². The van der Waals surface area contributed by atoms with E-state index < -0.39 is 6.10 Å². The van der Waals surface area contributed by atoms with Crippen molar-refractivity contribution in [1.82, 2.24) is 4.90 Å². The highest BCUT2D eigenvalue weighted by molar-refractivity contribution is 6.33. The molecule has 0 saturated carbocycles. The van der Waals surface area contributed by atoms with Gasteiger partial charge in [-0.15, -0.1) is 0 Å². The van der Waals surface area contributed by atoms with Crippen LogP contribution in [0.15, 0.2) is 66.7 Å². The van der Waals surface area contributed by atoms with Crippen molar-refractivity contribution in [3.05, 3.63) is 99.3 Å². The number of aliphatic hydroxyl groups is 1. The van der Waals surface area contributed by atoms with E-state index in [1.54, 1.807) is 24.3 Å². The molecule has 2 atom stereocenters. The van der Waals surface area contributed by atoms with Crippen LogP contribution >= 0.6 is 23.2 Å². The number of aliphatic hydroxyl groups excluding tert-OH is 1. The first-order valence-corrected chi connectivity index (χ1v) is 11.1. The molecule has 0 aromatic heterocycles. The summed E-state index contributed by atoms with van der Waals surface area (Å²) in [6, 6.07) is 21.2. The summed E-state index contributed by atoms with van der Waals surface area (Å²) in [5, 5.41) is 21.0. The molecule has 0 amide bonds. The van der Waals surface area contributed by atoms with Crippen molar-refractivity contribution < 1.29 is 9.50 Å². The van der Waals surface area contributed by atoms with Gasteiger partial charge in [-0.2, -0.15) is 5.26 Å². The summed E-state index contributed by atoms with van der Waals surface area (Å²) in [5.74, 6) is -0.360. The van der Waals surface area contributed by atoms with Gasteiger partial charge >= 0.3 is 0 Å². The monoisotopic (exact) mass is 469 g/mol. The maximum atomic E-state index is 13.6. The number of β-amino-alcohol motifs (C(OH)–C–C–N with tert-alkyl or cyclic N) is 1. The molecule has 1 aliphatic rings. The number of benzene rings is 3. The minimum atomic E-state index is -0.790. The zero-order valence-electron chi connectivity index (χ0n) is 17.3. The number of hydrogen-bond donors (Lipinski definition) is 1. The molecular weight excluding hydrogens is 448 g/mol. The number of rotatable bonds is 5. The van der Waals surface area contributed by atoms with E-state index in [9.17, 15) is 9.50 Å². The number of anilines is 1. The van der Waals surface area contributed by atoms with Gasteiger partial charge in [0.25, 0.3) is 0 Å². The lowest BCUT2D eigenvalue weighted by molar-refractivity contribution is 0.100. The van der Waals surface area contributed by atoms with Gasteiger partial charge in [-0.05, 0) is 53.6 Å². The van der Waals surface area contributed by atoms with E-state index in [-0.39, 0.29) is 11.9 Å². The predicted octanol–water partition coefficient (Wildman–Crippen LogP) is 5.60. The third kappa shape index (κ3) is 5.06. The second kappa shape index (κ2) is 9.89. The zero-order valence-corrected chi connectivity index (χ0v) is 18.8. The maximum Gasteiger partial charge on any atom is 0.123 e. The normalized spacial score (nSPS) is 17.7. The lowest BCUT2D eigenvalue weighted by Crippen LogP contribution is -2.49. The van der Waals surface area contributed by atoms with E-state index in [0.29, 0.717) is 47.4 Å². The summed E-state index contributed by atoms with van der Waals surface area (Å²) in [5.41, 5.74) is 3.00. The van der Waals surface area contributed by atoms with Gasteiger partial charge in [-0.25, -0.2) is 4.39 Å². The van der Waals surface area contributed by atoms with Crippen LogP contribution in [0.1, 0.15) is 28.8 Å². The first-order chi connectivity index (χ1) is 15.4. The van der Waals surface area contributed by atoms with Crippen molar-refractivity contribution in [2.45, 2.75) is 12.1 Å². The molecule has 32 heavy (non-hydrogen) atoms. The highest BCUT2D eigenvalue weighted by atomic mass is 35.5. The van der Waals surface area contributed by atoms with Crippen molar-refractivity contribution in [3.8, 4) is 6.07 Å². The Kier molecular flexibility index (Phi) is 6.98. The minimum Gasteiger partial charge on any atom is -0.387 e. The second-order valence-electron chi connectivity index (χ2n) is 7.87. The Morgan fingerprint density at radius 2 is 1.84 bits per heavy atom. The van der Waals surface area contributed by atoms with Crippen LogP contribution in [0, 0.1) is 17.1 Å². The molecule has 1 N–H and O–H groups in total. The van der Waals surface area contributed by atoms with E-state index in [4.69, 9.17) is 28.5 Å². The summed E-state index contributed by atoms with van der Waals surface area (Å²) in [6.07, 6.45) is -0.790. The average molecular weight is 470 g/mol. The van der Waals surface area contributed by atoms with E-state index in [1.165, 1.54) is 12.1 Å². The molecule has 164 valence electrons. The summed E-state index contributed by atoms with van der Waals surface area (Å²) in [7, 11) is 0. The zero-order chi connectivity index (χ0) is 22.7. The molecule has 1 heterocycles. The molecule has 4 rings (SSSR count). The van der Waals surface area contributed by atoms with Gasteiger partial charge in [0.1, 0.15) is 5.82 Å². The molecular formula is C25H22Cl2FN3O. The van der Waals surface area contributed by atoms with Crippen molar-refractivity contribution >= 4 is 28.9 Å². The third-order valence-electron chi connectivity index (χ3n) is 5.77. The van der Waals surface area contributed by atoms with Crippen molar-refractivity contribution in [2.24, 2.45) is 0 Å². The largest absolute Gasteiger partial charge is 0.387 e. The Balaban J connectivity index is 1.59. The Labute approximate surface area is 197 Å². The Morgan fingerprint density at radius 3 is 2.53 bits per heavy atom. The van der Waals surface area contributed by atoms with Crippen LogP contribution in [-0.2, 0) is 0 Å². The fourth-order valence-electron chi connectivity index (χ4n) is 4.14. The number of hydrogen-bond acceptors (Lipinski definition) is 4. The molecule has 0 aliphatic carbocycles. The van der Waals surface area contributed by atoms with Crippen molar-refractivity contribution in [2.75, 3.05) is 31.1 Å². The second-order valence-corrected chi connectivity index (χ2v) is 8.71. The van der Waals surface area contributed by atoms with Gasteiger partial charge in [0.15, 0.2) is 0 Å². The van der Waals surface area contributed by atoms with Gasteiger partial charge in [-0.1, -0.05) is 47.5 Å². The third-order valence-corrected chi connectivity index (χ3v) is 6.32. The van der Waals surface area contributed by atoms with E-state index >= 15 is 0 Å². The molecule has 0 bridgehead atoms. The molecule has 1 aliphatic heterocycles. The fourth-order valence-corrected chi connectivity index (χ4v) is 4.55. The number of piperazine rings is 1. The highest BCUT2D eigenvalue weighted by Gasteiger charge is 2.30. The molecule has 1 saturated heterocycles. The minimum absolute atomic E-state index is 0.0360. The first kappa shape index (κ1) is 22.6.